The van der Waals surface area contributed by atoms with E-state index in [0.717, 1.165) is 36.7 Å². The molecule has 1 heterocycles. The number of hydrogen-bond acceptors (Lipinski definition) is 4. The molecule has 0 radical (unpaired) electrons. The van der Waals surface area contributed by atoms with Gasteiger partial charge in [-0.05, 0) is 19.8 Å². The zero-order chi connectivity index (χ0) is 14.6. The number of aromatic nitrogens is 2. The van der Waals surface area contributed by atoms with Crippen molar-refractivity contribution in [1.82, 2.24) is 9.97 Å². The Hall–Kier alpha value is -1.32. The molecule has 0 bridgehead atoms. The van der Waals surface area contributed by atoms with Crippen molar-refractivity contribution in [2.75, 3.05) is 23.7 Å². The van der Waals surface area contributed by atoms with Gasteiger partial charge in [-0.25, -0.2) is 9.97 Å². The van der Waals surface area contributed by atoms with Gasteiger partial charge in [0.05, 0.1) is 0 Å². The van der Waals surface area contributed by atoms with Crippen molar-refractivity contribution in [3.63, 3.8) is 0 Å². The fourth-order valence-corrected chi connectivity index (χ4v) is 2.16. The van der Waals surface area contributed by atoms with Crippen LogP contribution in [0.15, 0.2) is 6.33 Å². The molecule has 0 atom stereocenters. The summed E-state index contributed by atoms with van der Waals surface area (Å²) in [5, 5.41) is 6.77. The highest BCUT2D eigenvalue weighted by Crippen LogP contribution is 2.18. The molecule has 0 aromatic carbocycles. The first-order valence-corrected chi connectivity index (χ1v) is 8.08. The van der Waals surface area contributed by atoms with Crippen LogP contribution < -0.4 is 10.6 Å². The smallest absolute Gasteiger partial charge is 0.134 e. The molecule has 0 saturated carbocycles. The fourth-order valence-electron chi connectivity index (χ4n) is 2.16. The lowest BCUT2D eigenvalue weighted by atomic mass is 10.1. The number of rotatable bonds is 11. The van der Waals surface area contributed by atoms with Crippen molar-refractivity contribution < 1.29 is 0 Å². The molecule has 1 aromatic heterocycles. The molecule has 0 saturated heterocycles. The first-order chi connectivity index (χ1) is 9.79. The van der Waals surface area contributed by atoms with E-state index in [4.69, 9.17) is 0 Å². The van der Waals surface area contributed by atoms with E-state index >= 15 is 0 Å². The second kappa shape index (κ2) is 10.5. The van der Waals surface area contributed by atoms with Crippen LogP contribution in [0.1, 0.15) is 64.4 Å². The monoisotopic (exact) mass is 278 g/mol. The minimum atomic E-state index is 0.951. The molecular formula is C16H30N4. The zero-order valence-corrected chi connectivity index (χ0v) is 13.3. The van der Waals surface area contributed by atoms with Crippen molar-refractivity contribution in [2.45, 2.75) is 65.7 Å². The summed E-state index contributed by atoms with van der Waals surface area (Å²) in [6.45, 7) is 8.43. The molecule has 0 fully saturated rings. The molecule has 0 unspecified atom stereocenters. The van der Waals surface area contributed by atoms with E-state index in [0.29, 0.717) is 0 Å². The lowest BCUT2D eigenvalue weighted by Gasteiger charge is -2.12. The Labute approximate surface area is 123 Å². The number of anilines is 2. The number of unbranched alkanes of at least 4 members (excludes halogenated alkanes) is 5. The van der Waals surface area contributed by atoms with E-state index in [1.54, 1.807) is 6.33 Å². The van der Waals surface area contributed by atoms with Crippen LogP contribution in [-0.2, 0) is 0 Å². The van der Waals surface area contributed by atoms with Crippen molar-refractivity contribution >= 4 is 11.6 Å². The summed E-state index contributed by atoms with van der Waals surface area (Å²) in [5.74, 6) is 1.92. The maximum absolute atomic E-state index is 4.33. The van der Waals surface area contributed by atoms with Crippen molar-refractivity contribution in [2.24, 2.45) is 0 Å². The summed E-state index contributed by atoms with van der Waals surface area (Å²) < 4.78 is 0. The summed E-state index contributed by atoms with van der Waals surface area (Å²) in [4.78, 5) is 8.62. The standard InChI is InChI=1S/C16H30N4/c1-4-6-7-8-9-10-12-18-16-14(3)15(17-11-5-2)19-13-20-16/h13H,4-12H2,1-3H3,(H2,17,18,19,20). The molecule has 4 nitrogen and oxygen atoms in total. The van der Waals surface area contributed by atoms with Crippen LogP contribution in [0.5, 0.6) is 0 Å². The van der Waals surface area contributed by atoms with Crippen LogP contribution in [0.4, 0.5) is 11.6 Å². The van der Waals surface area contributed by atoms with E-state index in [-0.39, 0.29) is 0 Å². The summed E-state index contributed by atoms with van der Waals surface area (Å²) in [5.41, 5.74) is 1.12. The topological polar surface area (TPSA) is 49.8 Å². The van der Waals surface area contributed by atoms with Crippen LogP contribution >= 0.6 is 0 Å². The lowest BCUT2D eigenvalue weighted by Crippen LogP contribution is -2.09. The van der Waals surface area contributed by atoms with Crippen LogP contribution in [0.25, 0.3) is 0 Å². The summed E-state index contributed by atoms with van der Waals surface area (Å²) in [6.07, 6.45) is 10.6. The Bertz CT molecular complexity index is 365. The average molecular weight is 278 g/mol. The van der Waals surface area contributed by atoms with E-state index in [1.165, 1.54) is 38.5 Å². The minimum absolute atomic E-state index is 0.951. The molecule has 1 aromatic rings. The van der Waals surface area contributed by atoms with E-state index in [2.05, 4.69) is 41.4 Å². The fraction of sp³-hybridized carbons (Fsp3) is 0.750. The molecular weight excluding hydrogens is 248 g/mol. The van der Waals surface area contributed by atoms with Crippen LogP contribution in [0, 0.1) is 6.92 Å². The second-order valence-electron chi connectivity index (χ2n) is 5.32. The zero-order valence-electron chi connectivity index (χ0n) is 13.3. The van der Waals surface area contributed by atoms with Gasteiger partial charge in [0.25, 0.3) is 0 Å². The van der Waals surface area contributed by atoms with Gasteiger partial charge in [0, 0.05) is 18.7 Å². The predicted molar refractivity (Wildman–Crippen MR) is 87.4 cm³/mol. The molecule has 0 aliphatic heterocycles. The van der Waals surface area contributed by atoms with Crippen molar-refractivity contribution in [1.29, 1.82) is 0 Å². The number of nitrogens with one attached hydrogen (secondary N) is 2. The molecule has 2 N–H and O–H groups in total. The van der Waals surface area contributed by atoms with Gasteiger partial charge in [0.2, 0.25) is 0 Å². The Balaban J connectivity index is 2.29. The van der Waals surface area contributed by atoms with Gasteiger partial charge < -0.3 is 10.6 Å². The maximum atomic E-state index is 4.33. The number of hydrogen-bond donors (Lipinski definition) is 2. The molecule has 0 amide bonds. The lowest BCUT2D eigenvalue weighted by molar-refractivity contribution is 0.616. The molecule has 114 valence electrons. The molecule has 0 spiro atoms. The van der Waals surface area contributed by atoms with Crippen molar-refractivity contribution in [3.05, 3.63) is 11.9 Å². The molecule has 0 aliphatic carbocycles. The van der Waals surface area contributed by atoms with Gasteiger partial charge in [-0.3, -0.25) is 0 Å². The highest BCUT2D eigenvalue weighted by Gasteiger charge is 2.05. The Morgan fingerprint density at radius 3 is 2.05 bits per heavy atom. The van der Waals surface area contributed by atoms with Gasteiger partial charge in [-0.15, -0.1) is 0 Å². The van der Waals surface area contributed by atoms with Gasteiger partial charge in [-0.1, -0.05) is 46.0 Å². The SMILES string of the molecule is CCCCCCCCNc1ncnc(NCCC)c1C. The van der Waals surface area contributed by atoms with Crippen LogP contribution in [-0.4, -0.2) is 23.1 Å². The summed E-state index contributed by atoms with van der Waals surface area (Å²) >= 11 is 0. The molecule has 20 heavy (non-hydrogen) atoms. The first-order valence-electron chi connectivity index (χ1n) is 8.08. The third kappa shape index (κ3) is 6.22. The third-order valence-corrected chi connectivity index (χ3v) is 3.45. The predicted octanol–water partition coefficient (Wildman–Crippen LogP) is 4.38. The maximum Gasteiger partial charge on any atom is 0.134 e. The Morgan fingerprint density at radius 1 is 0.800 bits per heavy atom. The van der Waals surface area contributed by atoms with Gasteiger partial charge in [0.1, 0.15) is 18.0 Å². The minimum Gasteiger partial charge on any atom is -0.370 e. The van der Waals surface area contributed by atoms with Crippen LogP contribution in [0.3, 0.4) is 0 Å². The van der Waals surface area contributed by atoms with E-state index in [9.17, 15) is 0 Å². The summed E-state index contributed by atoms with van der Waals surface area (Å²) in [7, 11) is 0. The van der Waals surface area contributed by atoms with E-state index in [1.807, 2.05) is 0 Å². The largest absolute Gasteiger partial charge is 0.370 e. The van der Waals surface area contributed by atoms with Gasteiger partial charge in [0.15, 0.2) is 0 Å². The van der Waals surface area contributed by atoms with Crippen molar-refractivity contribution in [3.8, 4) is 0 Å². The third-order valence-electron chi connectivity index (χ3n) is 3.45. The number of nitrogens with zero attached hydrogens (tertiary/aromatic N) is 2. The normalized spacial score (nSPS) is 10.6. The Morgan fingerprint density at radius 2 is 1.40 bits per heavy atom. The molecule has 4 heteroatoms. The van der Waals surface area contributed by atoms with Crippen LogP contribution in [0.2, 0.25) is 0 Å². The molecule has 0 aliphatic rings. The van der Waals surface area contributed by atoms with Gasteiger partial charge >= 0.3 is 0 Å². The van der Waals surface area contributed by atoms with Gasteiger partial charge in [-0.2, -0.15) is 0 Å². The molecule has 1 rings (SSSR count). The summed E-state index contributed by atoms with van der Waals surface area (Å²) in [6, 6.07) is 0. The average Bonchev–Trinajstić information content (AvgIpc) is 2.46. The quantitative estimate of drug-likeness (QED) is 0.590. The Kier molecular flexibility index (Phi) is 8.76. The second-order valence-corrected chi connectivity index (χ2v) is 5.32. The highest BCUT2D eigenvalue weighted by molar-refractivity contribution is 5.56. The highest BCUT2D eigenvalue weighted by atomic mass is 15.1. The first kappa shape index (κ1) is 16.7. The van der Waals surface area contributed by atoms with E-state index < -0.39 is 0 Å².